The van der Waals surface area contributed by atoms with Crippen LogP contribution < -0.4 is 15.5 Å². The number of carbonyl (C=O) groups is 1. The Bertz CT molecular complexity index is 968. The normalized spacial score (nSPS) is 21.6. The molecule has 0 unspecified atom stereocenters. The fourth-order valence-electron chi connectivity index (χ4n) is 3.67. The molecule has 11 heteroatoms. The quantitative estimate of drug-likeness (QED) is 0.732. The van der Waals surface area contributed by atoms with E-state index in [1.165, 1.54) is 18.3 Å². The number of aromatic nitrogens is 2. The van der Waals surface area contributed by atoms with Gasteiger partial charge in [0.05, 0.1) is 11.3 Å². The molecule has 2 aromatic rings. The Kier molecular flexibility index (Phi) is 5.22. The highest BCUT2D eigenvalue weighted by Crippen LogP contribution is 2.45. The molecule has 4 rings (SSSR count). The van der Waals surface area contributed by atoms with E-state index >= 15 is 0 Å². The van der Waals surface area contributed by atoms with Gasteiger partial charge in [-0.25, -0.2) is 19.2 Å². The van der Waals surface area contributed by atoms with E-state index in [9.17, 15) is 22.4 Å². The Labute approximate surface area is 169 Å². The number of nitrogens with zero attached hydrogens (tertiary/aromatic N) is 3. The molecule has 0 saturated carbocycles. The molecule has 4 heterocycles. The zero-order chi connectivity index (χ0) is 21.5. The third-order valence-electron chi connectivity index (χ3n) is 4.99. The van der Waals surface area contributed by atoms with Crippen molar-refractivity contribution < 1.29 is 27.1 Å². The largest absolute Gasteiger partial charge is 0.431 e. The number of hydrogen-bond donors (Lipinski definition) is 2. The lowest BCUT2D eigenvalue weighted by Crippen LogP contribution is -2.49. The van der Waals surface area contributed by atoms with Crippen molar-refractivity contribution in [2.24, 2.45) is 0 Å². The van der Waals surface area contributed by atoms with Gasteiger partial charge < -0.3 is 15.0 Å². The van der Waals surface area contributed by atoms with Crippen LogP contribution in [0.4, 0.5) is 34.0 Å². The number of pyridine rings is 2. The number of piperazine rings is 1. The standard InChI is InChI=1S/C19H19F4N5O2/c1-10-9-28(5-4-24-10)14-7-11(8-20)6-13(26-14)12-2-3-25-17-15(12)16(19(21,22)23)30-18(29)27-17/h2-3,6-7,10,16,24H,4-5,8-9H2,1H3,(H,25,27,29)/t10-,16+/m0/s1. The van der Waals surface area contributed by atoms with Crippen molar-refractivity contribution in [3.8, 4) is 11.3 Å². The third kappa shape index (κ3) is 3.89. The molecule has 7 nitrogen and oxygen atoms in total. The Morgan fingerprint density at radius 1 is 1.33 bits per heavy atom. The molecule has 2 N–H and O–H groups in total. The zero-order valence-corrected chi connectivity index (χ0v) is 16.0. The Morgan fingerprint density at radius 3 is 2.83 bits per heavy atom. The summed E-state index contributed by atoms with van der Waals surface area (Å²) in [6.07, 6.45) is -7.32. The van der Waals surface area contributed by atoms with Gasteiger partial charge in [0.25, 0.3) is 0 Å². The summed E-state index contributed by atoms with van der Waals surface area (Å²) in [5, 5.41) is 5.48. The molecule has 0 bridgehead atoms. The maximum Gasteiger partial charge on any atom is 0.430 e. The lowest BCUT2D eigenvalue weighted by atomic mass is 9.98. The van der Waals surface area contributed by atoms with Crippen LogP contribution in [0.2, 0.25) is 0 Å². The fourth-order valence-corrected chi connectivity index (χ4v) is 3.67. The number of rotatable bonds is 3. The second kappa shape index (κ2) is 7.71. The summed E-state index contributed by atoms with van der Waals surface area (Å²) in [7, 11) is 0. The highest BCUT2D eigenvalue weighted by Gasteiger charge is 2.49. The van der Waals surface area contributed by atoms with Crippen LogP contribution in [0.3, 0.4) is 0 Å². The average molecular weight is 425 g/mol. The molecular weight excluding hydrogens is 406 g/mol. The number of halogens is 4. The van der Waals surface area contributed by atoms with Gasteiger partial charge in [0.2, 0.25) is 6.10 Å². The molecule has 30 heavy (non-hydrogen) atoms. The minimum atomic E-state index is -4.85. The van der Waals surface area contributed by atoms with E-state index in [4.69, 9.17) is 0 Å². The minimum Gasteiger partial charge on any atom is -0.431 e. The van der Waals surface area contributed by atoms with Crippen LogP contribution in [-0.2, 0) is 11.4 Å². The smallest absolute Gasteiger partial charge is 0.430 e. The minimum absolute atomic E-state index is 0.0713. The number of alkyl halides is 4. The predicted octanol–water partition coefficient (Wildman–Crippen LogP) is 3.58. The second-order valence-electron chi connectivity index (χ2n) is 7.23. The lowest BCUT2D eigenvalue weighted by Gasteiger charge is -2.33. The van der Waals surface area contributed by atoms with Crippen LogP contribution in [-0.4, -0.2) is 47.9 Å². The monoisotopic (exact) mass is 425 g/mol. The maximum absolute atomic E-state index is 13.6. The second-order valence-corrected chi connectivity index (χ2v) is 7.23. The van der Waals surface area contributed by atoms with Gasteiger partial charge in [-0.1, -0.05) is 0 Å². The lowest BCUT2D eigenvalue weighted by molar-refractivity contribution is -0.206. The van der Waals surface area contributed by atoms with E-state index in [-0.39, 0.29) is 34.2 Å². The van der Waals surface area contributed by atoms with Crippen molar-refractivity contribution in [1.82, 2.24) is 15.3 Å². The summed E-state index contributed by atoms with van der Waals surface area (Å²) in [6.45, 7) is 3.16. The summed E-state index contributed by atoms with van der Waals surface area (Å²) in [5.41, 5.74) is 0.157. The van der Waals surface area contributed by atoms with Crippen LogP contribution in [0.25, 0.3) is 11.3 Å². The molecule has 160 valence electrons. The third-order valence-corrected chi connectivity index (χ3v) is 4.99. The number of ether oxygens (including phenoxy) is 1. The Morgan fingerprint density at radius 2 is 2.13 bits per heavy atom. The van der Waals surface area contributed by atoms with Gasteiger partial charge >= 0.3 is 12.3 Å². The first kappa shape index (κ1) is 20.3. The summed E-state index contributed by atoms with van der Waals surface area (Å²) >= 11 is 0. The molecule has 1 saturated heterocycles. The number of amides is 1. The van der Waals surface area contributed by atoms with Crippen molar-refractivity contribution in [3.05, 3.63) is 35.5 Å². The molecule has 2 aromatic heterocycles. The van der Waals surface area contributed by atoms with E-state index in [0.717, 1.165) is 0 Å². The molecule has 1 amide bonds. The van der Waals surface area contributed by atoms with Crippen molar-refractivity contribution in [2.45, 2.75) is 31.9 Å². The number of carbonyl (C=O) groups excluding carboxylic acids is 1. The van der Waals surface area contributed by atoms with Gasteiger partial charge in [-0.2, -0.15) is 13.2 Å². The first-order chi connectivity index (χ1) is 14.3. The Hall–Kier alpha value is -2.95. The van der Waals surface area contributed by atoms with Crippen molar-refractivity contribution in [1.29, 1.82) is 0 Å². The molecule has 0 spiro atoms. The van der Waals surface area contributed by atoms with Crippen LogP contribution >= 0.6 is 0 Å². The maximum atomic E-state index is 13.6. The zero-order valence-electron chi connectivity index (χ0n) is 16.0. The summed E-state index contributed by atoms with van der Waals surface area (Å²) < 4.78 is 58.9. The highest BCUT2D eigenvalue weighted by molar-refractivity contribution is 5.89. The first-order valence-electron chi connectivity index (χ1n) is 9.35. The van der Waals surface area contributed by atoms with Gasteiger partial charge in [0.15, 0.2) is 0 Å². The molecule has 2 aliphatic rings. The van der Waals surface area contributed by atoms with E-state index in [1.807, 2.05) is 11.8 Å². The van der Waals surface area contributed by atoms with Crippen LogP contribution in [0.1, 0.15) is 24.2 Å². The molecule has 2 atom stereocenters. The van der Waals surface area contributed by atoms with Gasteiger partial charge in [-0.05, 0) is 30.7 Å². The first-order valence-corrected chi connectivity index (χ1v) is 9.35. The molecule has 2 aliphatic heterocycles. The summed E-state index contributed by atoms with van der Waals surface area (Å²) in [6, 6.07) is 4.53. The average Bonchev–Trinajstić information content (AvgIpc) is 2.71. The number of anilines is 2. The SMILES string of the molecule is C[C@H]1CN(c2cc(CF)cc(-c3ccnc4c3[C@H](C(F)(F)F)OC(=O)N4)n2)CCN1. The van der Waals surface area contributed by atoms with Gasteiger partial charge in [-0.15, -0.1) is 0 Å². The molecule has 0 aromatic carbocycles. The van der Waals surface area contributed by atoms with Crippen LogP contribution in [0.5, 0.6) is 0 Å². The summed E-state index contributed by atoms with van der Waals surface area (Å²) in [5.74, 6) is 0.222. The van der Waals surface area contributed by atoms with Gasteiger partial charge in [0.1, 0.15) is 18.3 Å². The number of nitrogens with one attached hydrogen (secondary N) is 2. The topological polar surface area (TPSA) is 79.4 Å². The van der Waals surface area contributed by atoms with Crippen LogP contribution in [0.15, 0.2) is 24.4 Å². The van der Waals surface area contributed by atoms with Crippen molar-refractivity contribution >= 4 is 17.7 Å². The van der Waals surface area contributed by atoms with E-state index in [1.54, 1.807) is 6.07 Å². The van der Waals surface area contributed by atoms with Crippen molar-refractivity contribution in [2.75, 3.05) is 29.9 Å². The summed E-state index contributed by atoms with van der Waals surface area (Å²) in [4.78, 5) is 21.9. The molecule has 0 radical (unpaired) electrons. The number of fused-ring (bicyclic) bond motifs is 1. The number of cyclic esters (lactones) is 1. The predicted molar refractivity (Wildman–Crippen MR) is 101 cm³/mol. The van der Waals surface area contributed by atoms with E-state index in [0.29, 0.717) is 25.5 Å². The molecule has 0 aliphatic carbocycles. The molecule has 1 fully saturated rings. The van der Waals surface area contributed by atoms with Crippen LogP contribution in [0, 0.1) is 0 Å². The van der Waals surface area contributed by atoms with E-state index < -0.39 is 25.0 Å². The van der Waals surface area contributed by atoms with E-state index in [2.05, 4.69) is 25.3 Å². The Balaban J connectivity index is 1.84. The van der Waals surface area contributed by atoms with Gasteiger partial charge in [-0.3, -0.25) is 5.32 Å². The van der Waals surface area contributed by atoms with Crippen molar-refractivity contribution in [3.63, 3.8) is 0 Å². The number of hydrogen-bond acceptors (Lipinski definition) is 6. The highest BCUT2D eigenvalue weighted by atomic mass is 19.4. The fraction of sp³-hybridized carbons (Fsp3) is 0.421. The molecular formula is C19H19F4N5O2. The van der Waals surface area contributed by atoms with Gasteiger partial charge in [0, 0.05) is 37.4 Å².